The second-order valence-corrected chi connectivity index (χ2v) is 8.59. The average Bonchev–Trinajstić information content (AvgIpc) is 2.70. The van der Waals surface area contributed by atoms with Gasteiger partial charge in [-0.1, -0.05) is 35.3 Å². The van der Waals surface area contributed by atoms with E-state index in [1.54, 1.807) is 30.3 Å². The van der Waals surface area contributed by atoms with Crippen molar-refractivity contribution < 1.29 is 13.2 Å². The van der Waals surface area contributed by atoms with Crippen LogP contribution in [0.15, 0.2) is 64.3 Å². The summed E-state index contributed by atoms with van der Waals surface area (Å²) < 4.78 is 33.9. The number of ether oxygens (including phenoxy) is 1. The number of nitrogens with zero attached hydrogens (tertiary/aromatic N) is 2. The van der Waals surface area contributed by atoms with Gasteiger partial charge in [0.25, 0.3) is 5.56 Å². The van der Waals surface area contributed by atoms with Crippen LogP contribution in [0.4, 0.5) is 0 Å². The molecule has 2 aromatic carbocycles. The number of nitrogens with one attached hydrogen (secondary N) is 1. The molecule has 3 aromatic rings. The molecule has 1 aromatic heterocycles. The molecular weight excluding hydrogens is 437 g/mol. The monoisotopic (exact) mass is 453 g/mol. The zero-order valence-corrected chi connectivity index (χ0v) is 17.6. The lowest BCUT2D eigenvalue weighted by Crippen LogP contribution is -2.32. The third-order valence-corrected chi connectivity index (χ3v) is 6.01. The Morgan fingerprint density at radius 3 is 2.41 bits per heavy atom. The van der Waals surface area contributed by atoms with Crippen LogP contribution in [0.25, 0.3) is 11.3 Å². The first-order valence-corrected chi connectivity index (χ1v) is 10.7. The Hall–Kier alpha value is -2.39. The van der Waals surface area contributed by atoms with Crippen LogP contribution in [0.1, 0.15) is 0 Å². The zero-order chi connectivity index (χ0) is 21.0. The van der Waals surface area contributed by atoms with E-state index in [2.05, 4.69) is 9.82 Å². The SMILES string of the molecule is COc1ccc(Cl)cc1S(=O)(=O)NCCn1nc(-c2ccc(Cl)cc2)ccc1=O. The Labute approximate surface area is 177 Å². The molecule has 0 unspecified atom stereocenters. The fourth-order valence-corrected chi connectivity index (χ4v) is 4.18. The lowest BCUT2D eigenvalue weighted by molar-refractivity contribution is 0.402. The van der Waals surface area contributed by atoms with Crippen LogP contribution in [0.2, 0.25) is 10.0 Å². The van der Waals surface area contributed by atoms with Gasteiger partial charge in [0.1, 0.15) is 10.6 Å². The molecule has 0 amide bonds. The lowest BCUT2D eigenvalue weighted by atomic mass is 10.1. The number of aromatic nitrogens is 2. The predicted octanol–water partition coefficient (Wildman–Crippen LogP) is 3.20. The quantitative estimate of drug-likeness (QED) is 0.592. The smallest absolute Gasteiger partial charge is 0.266 e. The van der Waals surface area contributed by atoms with Crippen LogP contribution >= 0.6 is 23.2 Å². The van der Waals surface area contributed by atoms with Crippen molar-refractivity contribution in [2.24, 2.45) is 0 Å². The molecule has 0 bridgehead atoms. The first-order valence-electron chi connectivity index (χ1n) is 8.47. The van der Waals surface area contributed by atoms with Crippen molar-refractivity contribution in [1.82, 2.24) is 14.5 Å². The van der Waals surface area contributed by atoms with E-state index in [0.29, 0.717) is 10.7 Å². The fourth-order valence-electron chi connectivity index (χ4n) is 2.61. The third-order valence-electron chi connectivity index (χ3n) is 4.04. The topological polar surface area (TPSA) is 90.3 Å². The molecule has 1 heterocycles. The molecule has 1 N–H and O–H groups in total. The molecule has 0 fully saturated rings. The van der Waals surface area contributed by atoms with Crippen molar-refractivity contribution in [3.63, 3.8) is 0 Å². The van der Waals surface area contributed by atoms with Gasteiger partial charge >= 0.3 is 0 Å². The van der Waals surface area contributed by atoms with Crippen LogP contribution in [-0.4, -0.2) is 31.9 Å². The van der Waals surface area contributed by atoms with Crippen LogP contribution < -0.4 is 15.0 Å². The molecule has 0 aliphatic carbocycles. The minimum Gasteiger partial charge on any atom is -0.495 e. The average molecular weight is 454 g/mol. The minimum atomic E-state index is -3.89. The van der Waals surface area contributed by atoms with Crippen LogP contribution in [-0.2, 0) is 16.6 Å². The molecule has 0 atom stereocenters. The highest BCUT2D eigenvalue weighted by molar-refractivity contribution is 7.89. The molecular formula is C19H17Cl2N3O4S. The second-order valence-electron chi connectivity index (χ2n) is 5.98. The van der Waals surface area contributed by atoms with Crippen molar-refractivity contribution in [3.05, 3.63) is 75.0 Å². The number of hydrogen-bond acceptors (Lipinski definition) is 5. The summed E-state index contributed by atoms with van der Waals surface area (Å²) in [5.74, 6) is 0.168. The van der Waals surface area contributed by atoms with E-state index in [4.69, 9.17) is 27.9 Å². The van der Waals surface area contributed by atoms with Gasteiger partial charge in [-0.3, -0.25) is 4.79 Å². The number of hydrogen-bond donors (Lipinski definition) is 1. The van der Waals surface area contributed by atoms with Gasteiger partial charge in [0.05, 0.1) is 19.3 Å². The summed E-state index contributed by atoms with van der Waals surface area (Å²) >= 11 is 11.8. The summed E-state index contributed by atoms with van der Waals surface area (Å²) in [5.41, 5.74) is 1.01. The van der Waals surface area contributed by atoms with Gasteiger partial charge in [0.2, 0.25) is 10.0 Å². The van der Waals surface area contributed by atoms with E-state index in [1.165, 1.54) is 36.1 Å². The molecule has 10 heteroatoms. The van der Waals surface area contributed by atoms with E-state index in [-0.39, 0.29) is 34.3 Å². The molecule has 0 spiro atoms. The predicted molar refractivity (Wildman–Crippen MR) is 112 cm³/mol. The Kier molecular flexibility index (Phi) is 6.59. The fraction of sp³-hybridized carbons (Fsp3) is 0.158. The van der Waals surface area contributed by atoms with E-state index >= 15 is 0 Å². The van der Waals surface area contributed by atoms with Crippen LogP contribution in [0.3, 0.4) is 0 Å². The summed E-state index contributed by atoms with van der Waals surface area (Å²) in [4.78, 5) is 12.0. The Balaban J connectivity index is 1.76. The van der Waals surface area contributed by atoms with E-state index in [0.717, 1.165) is 5.56 Å². The summed E-state index contributed by atoms with van der Waals surface area (Å²) in [6.07, 6.45) is 0. The Morgan fingerprint density at radius 1 is 1.03 bits per heavy atom. The van der Waals surface area contributed by atoms with Crippen LogP contribution in [0, 0.1) is 0 Å². The van der Waals surface area contributed by atoms with Gasteiger partial charge in [-0.15, -0.1) is 0 Å². The molecule has 0 saturated carbocycles. The third kappa shape index (κ3) is 5.16. The molecule has 0 aliphatic rings. The second kappa shape index (κ2) is 8.96. The largest absolute Gasteiger partial charge is 0.495 e. The van der Waals surface area contributed by atoms with E-state index in [1.807, 2.05) is 0 Å². The summed E-state index contributed by atoms with van der Waals surface area (Å²) in [6.45, 7) is -0.00263. The van der Waals surface area contributed by atoms with Crippen molar-refractivity contribution in [1.29, 1.82) is 0 Å². The molecule has 0 radical (unpaired) electrons. The first-order chi connectivity index (χ1) is 13.8. The lowest BCUT2D eigenvalue weighted by Gasteiger charge is -2.12. The van der Waals surface area contributed by atoms with E-state index < -0.39 is 10.0 Å². The number of benzene rings is 2. The summed E-state index contributed by atoms with van der Waals surface area (Å²) in [5, 5.41) is 5.15. The highest BCUT2D eigenvalue weighted by Crippen LogP contribution is 2.26. The highest BCUT2D eigenvalue weighted by Gasteiger charge is 2.19. The van der Waals surface area contributed by atoms with Crippen molar-refractivity contribution in [2.45, 2.75) is 11.4 Å². The zero-order valence-electron chi connectivity index (χ0n) is 15.3. The Bertz CT molecular complexity index is 1180. The number of sulfonamides is 1. The van der Waals surface area contributed by atoms with Crippen LogP contribution in [0.5, 0.6) is 5.75 Å². The van der Waals surface area contributed by atoms with Gasteiger partial charge in [0.15, 0.2) is 0 Å². The van der Waals surface area contributed by atoms with Crippen molar-refractivity contribution >= 4 is 33.2 Å². The van der Waals surface area contributed by atoms with Gasteiger partial charge in [-0.25, -0.2) is 17.8 Å². The maximum Gasteiger partial charge on any atom is 0.266 e. The van der Waals surface area contributed by atoms with Crippen molar-refractivity contribution in [2.75, 3.05) is 13.7 Å². The molecule has 29 heavy (non-hydrogen) atoms. The van der Waals surface area contributed by atoms with Gasteiger partial charge in [-0.2, -0.15) is 5.10 Å². The summed E-state index contributed by atoms with van der Waals surface area (Å²) in [6, 6.07) is 14.3. The van der Waals surface area contributed by atoms with Gasteiger partial charge in [0, 0.05) is 28.2 Å². The van der Waals surface area contributed by atoms with Gasteiger partial charge < -0.3 is 4.74 Å². The first kappa shape index (κ1) is 21.3. The summed E-state index contributed by atoms with van der Waals surface area (Å²) in [7, 11) is -2.52. The molecule has 152 valence electrons. The maximum atomic E-state index is 12.6. The van der Waals surface area contributed by atoms with Gasteiger partial charge in [-0.05, 0) is 36.4 Å². The molecule has 3 rings (SSSR count). The molecule has 0 saturated heterocycles. The maximum absolute atomic E-state index is 12.6. The van der Waals surface area contributed by atoms with E-state index in [9.17, 15) is 13.2 Å². The molecule has 7 nitrogen and oxygen atoms in total. The normalized spacial score (nSPS) is 11.4. The number of halogens is 2. The number of rotatable bonds is 7. The van der Waals surface area contributed by atoms with Crippen molar-refractivity contribution in [3.8, 4) is 17.0 Å². The molecule has 0 aliphatic heterocycles. The highest BCUT2D eigenvalue weighted by atomic mass is 35.5. The number of methoxy groups -OCH3 is 1. The standard InChI is InChI=1S/C19H17Cl2N3O4S/c1-28-17-8-6-15(21)12-18(17)29(26,27)22-10-11-24-19(25)9-7-16(23-24)13-2-4-14(20)5-3-13/h2-9,12,22H,10-11H2,1H3. The minimum absolute atomic E-state index is 0.0440. The Morgan fingerprint density at radius 2 is 1.72 bits per heavy atom.